The molecule has 6 heteroatoms. The zero-order chi connectivity index (χ0) is 16.4. The molecule has 1 aromatic carbocycles. The highest BCUT2D eigenvalue weighted by molar-refractivity contribution is 6.04. The van der Waals surface area contributed by atoms with Crippen LogP contribution in [0.3, 0.4) is 0 Å². The first-order chi connectivity index (χ1) is 11.1. The number of pyridine rings is 1. The van der Waals surface area contributed by atoms with Crippen LogP contribution < -0.4 is 11.1 Å². The van der Waals surface area contributed by atoms with Crippen molar-refractivity contribution < 1.29 is 4.79 Å². The van der Waals surface area contributed by atoms with E-state index >= 15 is 0 Å². The highest BCUT2D eigenvalue weighted by atomic mass is 16.1. The number of aryl methyl sites for hydroxylation is 2. The molecule has 3 rings (SSSR count). The van der Waals surface area contributed by atoms with Crippen molar-refractivity contribution in [2.75, 3.05) is 11.9 Å². The van der Waals surface area contributed by atoms with Crippen molar-refractivity contribution in [2.45, 2.75) is 13.3 Å². The van der Waals surface area contributed by atoms with Gasteiger partial charge in [-0.25, -0.2) is 4.98 Å². The fourth-order valence-corrected chi connectivity index (χ4v) is 2.60. The number of nitrogens with zero attached hydrogens (tertiary/aromatic N) is 3. The number of hydrogen-bond acceptors (Lipinski definition) is 4. The van der Waals surface area contributed by atoms with Gasteiger partial charge in [0, 0.05) is 18.1 Å². The molecule has 23 heavy (non-hydrogen) atoms. The van der Waals surface area contributed by atoms with Gasteiger partial charge in [0.1, 0.15) is 5.69 Å². The summed E-state index contributed by atoms with van der Waals surface area (Å²) in [6.45, 7) is 2.50. The Balaban J connectivity index is 1.85. The number of amides is 1. The third-order valence-electron chi connectivity index (χ3n) is 3.72. The number of hydrogen-bond donors (Lipinski definition) is 2. The quantitative estimate of drug-likeness (QED) is 0.772. The van der Waals surface area contributed by atoms with Gasteiger partial charge in [0.2, 0.25) is 0 Å². The molecule has 0 aliphatic carbocycles. The van der Waals surface area contributed by atoms with Gasteiger partial charge in [-0.15, -0.1) is 0 Å². The minimum absolute atomic E-state index is 0.240. The third-order valence-corrected chi connectivity index (χ3v) is 3.72. The molecule has 3 N–H and O–H groups in total. The Bertz CT molecular complexity index is 869. The number of fused-ring (bicyclic) bond motifs is 1. The molecule has 0 saturated carbocycles. The van der Waals surface area contributed by atoms with Crippen molar-refractivity contribution in [3.05, 3.63) is 53.3 Å². The summed E-state index contributed by atoms with van der Waals surface area (Å²) in [6, 6.07) is 11.3. The number of carbonyl (C=O) groups excluding carboxylic acids is 1. The summed E-state index contributed by atoms with van der Waals surface area (Å²) in [7, 11) is 1.82. The van der Waals surface area contributed by atoms with Gasteiger partial charge in [0.05, 0.1) is 5.69 Å². The van der Waals surface area contributed by atoms with Crippen molar-refractivity contribution in [1.82, 2.24) is 14.8 Å². The van der Waals surface area contributed by atoms with Gasteiger partial charge in [0.25, 0.3) is 5.91 Å². The second-order valence-electron chi connectivity index (χ2n) is 5.47. The topological polar surface area (TPSA) is 85.8 Å². The van der Waals surface area contributed by atoms with Crippen LogP contribution >= 0.6 is 0 Å². The van der Waals surface area contributed by atoms with Crippen LogP contribution in [0.25, 0.3) is 11.0 Å². The van der Waals surface area contributed by atoms with Crippen molar-refractivity contribution in [3.8, 4) is 0 Å². The largest absolute Gasteiger partial charge is 0.330 e. The van der Waals surface area contributed by atoms with E-state index in [4.69, 9.17) is 5.73 Å². The van der Waals surface area contributed by atoms with Gasteiger partial charge in [-0.3, -0.25) is 9.48 Å². The van der Waals surface area contributed by atoms with Crippen LogP contribution in [0.2, 0.25) is 0 Å². The number of benzene rings is 1. The molecule has 2 heterocycles. The number of carbonyl (C=O) groups is 1. The highest BCUT2D eigenvalue weighted by Crippen LogP contribution is 2.17. The smallest absolute Gasteiger partial charge is 0.274 e. The van der Waals surface area contributed by atoms with Crippen molar-refractivity contribution in [1.29, 1.82) is 0 Å². The Labute approximate surface area is 134 Å². The van der Waals surface area contributed by atoms with Crippen molar-refractivity contribution in [3.63, 3.8) is 0 Å². The minimum Gasteiger partial charge on any atom is -0.330 e. The molecule has 0 unspecified atom stereocenters. The summed E-state index contributed by atoms with van der Waals surface area (Å²) < 4.78 is 1.68. The maximum atomic E-state index is 12.4. The van der Waals surface area contributed by atoms with E-state index in [2.05, 4.69) is 15.4 Å². The van der Waals surface area contributed by atoms with E-state index in [1.54, 1.807) is 10.7 Å². The Morgan fingerprint density at radius 3 is 2.91 bits per heavy atom. The lowest BCUT2D eigenvalue weighted by molar-refractivity contribution is 0.102. The fraction of sp³-hybridized carbons (Fsp3) is 0.235. The lowest BCUT2D eigenvalue weighted by Gasteiger charge is -2.07. The number of nitrogens with two attached hydrogens (primary N) is 1. The average molecular weight is 309 g/mol. The van der Waals surface area contributed by atoms with E-state index in [1.807, 2.05) is 44.3 Å². The number of anilines is 1. The molecule has 0 fully saturated rings. The van der Waals surface area contributed by atoms with E-state index in [1.165, 1.54) is 0 Å². The molecule has 118 valence electrons. The van der Waals surface area contributed by atoms with Gasteiger partial charge in [0.15, 0.2) is 5.65 Å². The first-order valence-corrected chi connectivity index (χ1v) is 7.49. The number of nitrogens with one attached hydrogen (secondary N) is 1. The van der Waals surface area contributed by atoms with E-state index in [9.17, 15) is 4.79 Å². The minimum atomic E-state index is -0.240. The Morgan fingerprint density at radius 2 is 2.13 bits per heavy atom. The number of aromatic nitrogens is 3. The van der Waals surface area contributed by atoms with Crippen LogP contribution in [0.15, 0.2) is 36.4 Å². The van der Waals surface area contributed by atoms with Gasteiger partial charge < -0.3 is 11.1 Å². The summed E-state index contributed by atoms with van der Waals surface area (Å²) in [5.74, 6) is -0.240. The molecular weight excluding hydrogens is 290 g/mol. The summed E-state index contributed by atoms with van der Waals surface area (Å²) in [5, 5.41) is 8.15. The summed E-state index contributed by atoms with van der Waals surface area (Å²) in [4.78, 5) is 16.8. The predicted molar refractivity (Wildman–Crippen MR) is 90.4 cm³/mol. The van der Waals surface area contributed by atoms with Crippen LogP contribution in [0.5, 0.6) is 0 Å². The van der Waals surface area contributed by atoms with Crippen molar-refractivity contribution in [2.24, 2.45) is 12.8 Å². The van der Waals surface area contributed by atoms with Crippen LogP contribution in [-0.2, 0) is 13.5 Å². The molecule has 0 radical (unpaired) electrons. The fourth-order valence-electron chi connectivity index (χ4n) is 2.60. The van der Waals surface area contributed by atoms with E-state index in [-0.39, 0.29) is 5.91 Å². The molecule has 0 spiro atoms. The zero-order valence-electron chi connectivity index (χ0n) is 13.2. The van der Waals surface area contributed by atoms with E-state index in [0.717, 1.165) is 28.8 Å². The Morgan fingerprint density at radius 1 is 1.30 bits per heavy atom. The standard InChI is InChI=1S/C17H19N5O/c1-11-14-6-7-15(20-16(14)22(2)21-11)17(23)19-13-5-3-4-12(10-13)8-9-18/h3-7,10H,8-9,18H2,1-2H3,(H,19,23). The van der Waals surface area contributed by atoms with Crippen LogP contribution in [0, 0.1) is 6.92 Å². The lowest BCUT2D eigenvalue weighted by Crippen LogP contribution is -2.14. The first kappa shape index (κ1) is 15.2. The molecule has 0 atom stereocenters. The number of rotatable bonds is 4. The average Bonchev–Trinajstić information content (AvgIpc) is 2.82. The summed E-state index contributed by atoms with van der Waals surface area (Å²) in [5.41, 5.74) is 9.37. The monoisotopic (exact) mass is 309 g/mol. The Hall–Kier alpha value is -2.73. The summed E-state index contributed by atoms with van der Waals surface area (Å²) >= 11 is 0. The molecule has 3 aromatic rings. The molecular formula is C17H19N5O. The van der Waals surface area contributed by atoms with Crippen LogP contribution in [0.1, 0.15) is 21.7 Å². The molecule has 1 amide bonds. The van der Waals surface area contributed by atoms with Gasteiger partial charge in [-0.05, 0) is 49.7 Å². The van der Waals surface area contributed by atoms with Crippen LogP contribution in [0.4, 0.5) is 5.69 Å². The van der Waals surface area contributed by atoms with E-state index < -0.39 is 0 Å². The van der Waals surface area contributed by atoms with Crippen LogP contribution in [-0.4, -0.2) is 27.2 Å². The maximum Gasteiger partial charge on any atom is 0.274 e. The van der Waals surface area contributed by atoms with Crippen molar-refractivity contribution >= 4 is 22.6 Å². The molecule has 0 bridgehead atoms. The zero-order valence-corrected chi connectivity index (χ0v) is 13.2. The molecule has 2 aromatic heterocycles. The molecule has 0 aliphatic rings. The first-order valence-electron chi connectivity index (χ1n) is 7.49. The maximum absolute atomic E-state index is 12.4. The second kappa shape index (κ2) is 6.18. The SMILES string of the molecule is Cc1nn(C)c2nc(C(=O)Nc3cccc(CCN)c3)ccc12. The van der Waals surface area contributed by atoms with Gasteiger partial charge >= 0.3 is 0 Å². The summed E-state index contributed by atoms with van der Waals surface area (Å²) in [6.07, 6.45) is 0.780. The second-order valence-corrected chi connectivity index (χ2v) is 5.47. The van der Waals surface area contributed by atoms with E-state index in [0.29, 0.717) is 17.9 Å². The van der Waals surface area contributed by atoms with Gasteiger partial charge in [-0.1, -0.05) is 12.1 Å². The molecule has 0 saturated heterocycles. The molecule has 0 aliphatic heterocycles. The lowest BCUT2D eigenvalue weighted by atomic mass is 10.1. The predicted octanol–water partition coefficient (Wildman–Crippen LogP) is 2.03. The normalized spacial score (nSPS) is 10.9. The Kier molecular flexibility index (Phi) is 4.08. The highest BCUT2D eigenvalue weighted by Gasteiger charge is 2.12. The van der Waals surface area contributed by atoms with Gasteiger partial charge in [-0.2, -0.15) is 5.10 Å². The third kappa shape index (κ3) is 3.07. The molecule has 6 nitrogen and oxygen atoms in total.